The first-order valence-corrected chi connectivity index (χ1v) is 14.7. The maximum absolute atomic E-state index is 12.6. The van der Waals surface area contributed by atoms with Crippen molar-refractivity contribution >= 4 is 39.7 Å². The van der Waals surface area contributed by atoms with Crippen LogP contribution in [0.2, 0.25) is 0 Å². The number of carbonyl (C=O) groups excluding carboxylic acids is 1. The lowest BCUT2D eigenvalue weighted by atomic mass is 10.0. The van der Waals surface area contributed by atoms with Crippen LogP contribution < -0.4 is 15.5 Å². The van der Waals surface area contributed by atoms with E-state index < -0.39 is 0 Å². The molecule has 0 aliphatic carbocycles. The predicted molar refractivity (Wildman–Crippen MR) is 167 cm³/mol. The highest BCUT2D eigenvalue weighted by atomic mass is 16.5. The Morgan fingerprint density at radius 1 is 1.10 bits per heavy atom. The molecule has 2 aliphatic rings. The number of carbonyl (C=O) groups is 1. The Labute approximate surface area is 246 Å². The normalized spacial score (nSPS) is 17.8. The fourth-order valence-electron chi connectivity index (χ4n) is 6.06. The SMILES string of the molecule is C=CC(=O)Nc1cc(Nc2cc(-c3ccc4c(cnn4C)c3)ncn2)c(CC)cc1N1CCCCC1N1CCOCC1. The summed E-state index contributed by atoms with van der Waals surface area (Å²) in [6, 6.07) is 12.4. The molecule has 2 N–H and O–H groups in total. The quantitative estimate of drug-likeness (QED) is 0.284. The molecule has 1 unspecified atom stereocenters. The third-order valence-corrected chi connectivity index (χ3v) is 8.27. The van der Waals surface area contributed by atoms with Gasteiger partial charge in [-0.3, -0.25) is 14.4 Å². The van der Waals surface area contributed by atoms with E-state index in [9.17, 15) is 4.79 Å². The number of ether oxygens (including phenoxy) is 1. The monoisotopic (exact) mass is 566 g/mol. The molecule has 0 saturated carbocycles. The molecular weight excluding hydrogens is 528 g/mol. The van der Waals surface area contributed by atoms with Gasteiger partial charge in [-0.2, -0.15) is 5.10 Å². The van der Waals surface area contributed by atoms with E-state index in [1.54, 1.807) is 6.33 Å². The summed E-state index contributed by atoms with van der Waals surface area (Å²) in [4.78, 5) is 26.6. The zero-order chi connectivity index (χ0) is 29.1. The second-order valence-corrected chi connectivity index (χ2v) is 10.8. The van der Waals surface area contributed by atoms with Crippen LogP contribution in [0.4, 0.5) is 22.9 Å². The average molecular weight is 567 g/mol. The molecule has 2 aromatic carbocycles. The van der Waals surface area contributed by atoms with E-state index >= 15 is 0 Å². The highest BCUT2D eigenvalue weighted by Crippen LogP contribution is 2.38. The first-order valence-electron chi connectivity index (χ1n) is 14.7. The first kappa shape index (κ1) is 27.9. The van der Waals surface area contributed by atoms with E-state index in [1.165, 1.54) is 12.5 Å². The molecule has 0 bridgehead atoms. The average Bonchev–Trinajstić information content (AvgIpc) is 3.41. The maximum Gasteiger partial charge on any atom is 0.247 e. The van der Waals surface area contributed by atoms with Gasteiger partial charge in [-0.05, 0) is 61.6 Å². The van der Waals surface area contributed by atoms with Gasteiger partial charge in [-0.15, -0.1) is 0 Å². The van der Waals surface area contributed by atoms with Crippen molar-refractivity contribution in [3.05, 3.63) is 67.1 Å². The molecule has 2 fully saturated rings. The Hall–Kier alpha value is -4.28. The van der Waals surface area contributed by atoms with Crippen LogP contribution in [0.1, 0.15) is 31.7 Å². The predicted octanol–water partition coefficient (Wildman–Crippen LogP) is 5.11. The number of fused-ring (bicyclic) bond motifs is 1. The Morgan fingerprint density at radius 2 is 1.95 bits per heavy atom. The molecule has 2 aliphatic heterocycles. The highest BCUT2D eigenvalue weighted by Gasteiger charge is 2.31. The van der Waals surface area contributed by atoms with Gasteiger partial charge in [0.2, 0.25) is 5.91 Å². The molecular formula is C32H38N8O2. The number of nitrogens with one attached hydrogen (secondary N) is 2. The molecule has 10 heteroatoms. The highest BCUT2D eigenvalue weighted by molar-refractivity contribution is 6.02. The summed E-state index contributed by atoms with van der Waals surface area (Å²) >= 11 is 0. The minimum atomic E-state index is -0.235. The second-order valence-electron chi connectivity index (χ2n) is 10.8. The van der Waals surface area contributed by atoms with Crippen molar-refractivity contribution in [2.24, 2.45) is 7.05 Å². The van der Waals surface area contributed by atoms with Crippen LogP contribution in [-0.4, -0.2) is 69.6 Å². The lowest BCUT2D eigenvalue weighted by Crippen LogP contribution is -2.54. The van der Waals surface area contributed by atoms with Crippen molar-refractivity contribution < 1.29 is 9.53 Å². The summed E-state index contributed by atoms with van der Waals surface area (Å²) < 4.78 is 7.50. The van der Waals surface area contributed by atoms with Crippen LogP contribution in [0.3, 0.4) is 0 Å². The summed E-state index contributed by atoms with van der Waals surface area (Å²) in [6.07, 6.45) is 9.23. The van der Waals surface area contributed by atoms with Gasteiger partial charge in [0.25, 0.3) is 0 Å². The third-order valence-electron chi connectivity index (χ3n) is 8.27. The number of aryl methyl sites for hydroxylation is 2. The van der Waals surface area contributed by atoms with Crippen LogP contribution in [0.15, 0.2) is 61.6 Å². The lowest BCUT2D eigenvalue weighted by molar-refractivity contribution is -0.111. The van der Waals surface area contributed by atoms with Gasteiger partial charge in [-0.1, -0.05) is 19.6 Å². The second kappa shape index (κ2) is 12.3. The van der Waals surface area contributed by atoms with E-state index in [1.807, 2.05) is 30.1 Å². The van der Waals surface area contributed by atoms with Crippen LogP contribution in [0.25, 0.3) is 22.2 Å². The van der Waals surface area contributed by atoms with Crippen molar-refractivity contribution in [3.8, 4) is 11.3 Å². The molecule has 1 amide bonds. The third kappa shape index (κ3) is 5.73. The van der Waals surface area contributed by atoms with Gasteiger partial charge < -0.3 is 20.3 Å². The van der Waals surface area contributed by atoms with E-state index in [0.29, 0.717) is 5.82 Å². The summed E-state index contributed by atoms with van der Waals surface area (Å²) in [7, 11) is 1.94. The van der Waals surface area contributed by atoms with Gasteiger partial charge in [0, 0.05) is 49.4 Å². The van der Waals surface area contributed by atoms with Crippen LogP contribution >= 0.6 is 0 Å². The Balaban J connectivity index is 1.34. The van der Waals surface area contributed by atoms with Crippen molar-refractivity contribution in [1.29, 1.82) is 0 Å². The molecule has 0 radical (unpaired) electrons. The standard InChI is InChI=1S/C32H38N8O2/c1-4-22-17-29(40-11-7-6-8-32(40)39-12-14-42-15-13-39)27(37-31(41)5-2)18-26(22)36-30-19-25(33-21-34-30)23-9-10-28-24(16-23)20-35-38(28)3/h5,9-10,16-21,32H,2,4,6-8,11-15H2,1,3H3,(H,37,41)(H,33,34,36). The molecule has 4 heterocycles. The van der Waals surface area contributed by atoms with Crippen LogP contribution in [0, 0.1) is 0 Å². The molecule has 1 atom stereocenters. The summed E-state index contributed by atoms with van der Waals surface area (Å²) in [5, 5.41) is 12.0. The smallest absolute Gasteiger partial charge is 0.247 e. The number of rotatable bonds is 8. The molecule has 0 spiro atoms. The van der Waals surface area contributed by atoms with Gasteiger partial charge in [-0.25, -0.2) is 9.97 Å². The number of morpholine rings is 1. The fraction of sp³-hybridized carbons (Fsp3) is 0.375. The number of hydrogen-bond donors (Lipinski definition) is 2. The number of piperidine rings is 1. The Morgan fingerprint density at radius 3 is 2.76 bits per heavy atom. The van der Waals surface area contributed by atoms with Crippen molar-refractivity contribution in [2.75, 3.05) is 48.4 Å². The van der Waals surface area contributed by atoms with Gasteiger partial charge >= 0.3 is 0 Å². The van der Waals surface area contributed by atoms with E-state index in [0.717, 1.165) is 96.9 Å². The maximum atomic E-state index is 12.6. The van der Waals surface area contributed by atoms with Crippen molar-refractivity contribution in [3.63, 3.8) is 0 Å². The zero-order valence-corrected chi connectivity index (χ0v) is 24.3. The zero-order valence-electron chi connectivity index (χ0n) is 24.3. The molecule has 2 aromatic heterocycles. The number of benzene rings is 2. The molecule has 2 saturated heterocycles. The number of nitrogens with zero attached hydrogens (tertiary/aromatic N) is 6. The molecule has 4 aromatic rings. The molecule has 6 rings (SSSR count). The van der Waals surface area contributed by atoms with Crippen LogP contribution in [-0.2, 0) is 23.0 Å². The summed E-state index contributed by atoms with van der Waals surface area (Å²) in [5.41, 5.74) is 6.71. The van der Waals surface area contributed by atoms with E-state index in [2.05, 4.69) is 73.3 Å². The number of anilines is 4. The molecule has 42 heavy (non-hydrogen) atoms. The van der Waals surface area contributed by atoms with E-state index in [-0.39, 0.29) is 12.1 Å². The first-order chi connectivity index (χ1) is 20.5. The van der Waals surface area contributed by atoms with Gasteiger partial charge in [0.15, 0.2) is 0 Å². The number of hydrogen-bond acceptors (Lipinski definition) is 8. The van der Waals surface area contributed by atoms with Crippen LogP contribution in [0.5, 0.6) is 0 Å². The lowest BCUT2D eigenvalue weighted by Gasteiger charge is -2.46. The number of aromatic nitrogens is 4. The Kier molecular flexibility index (Phi) is 8.16. The largest absolute Gasteiger partial charge is 0.379 e. The van der Waals surface area contributed by atoms with Gasteiger partial charge in [0.05, 0.1) is 48.2 Å². The molecule has 218 valence electrons. The topological polar surface area (TPSA) is 100 Å². The van der Waals surface area contributed by atoms with E-state index in [4.69, 9.17) is 4.74 Å². The summed E-state index contributed by atoms with van der Waals surface area (Å²) in [5.74, 6) is 0.445. The minimum Gasteiger partial charge on any atom is -0.379 e. The van der Waals surface area contributed by atoms with Crippen molar-refractivity contribution in [2.45, 2.75) is 38.8 Å². The van der Waals surface area contributed by atoms with Crippen molar-refractivity contribution in [1.82, 2.24) is 24.6 Å². The minimum absolute atomic E-state index is 0.235. The molecule has 10 nitrogen and oxygen atoms in total. The number of amides is 1. The van der Waals surface area contributed by atoms with Gasteiger partial charge in [0.1, 0.15) is 12.1 Å². The fourth-order valence-corrected chi connectivity index (χ4v) is 6.06. The Bertz CT molecular complexity index is 1590. The summed E-state index contributed by atoms with van der Waals surface area (Å²) in [6.45, 7) is 10.1.